The molecule has 3 aromatic rings. The average Bonchev–Trinajstić information content (AvgIpc) is 3.26. The van der Waals surface area contributed by atoms with Crippen molar-refractivity contribution in [1.82, 2.24) is 19.8 Å². The minimum atomic E-state index is -0.125. The number of anilines is 1. The number of aromatic nitrogens is 4. The second kappa shape index (κ2) is 6.68. The van der Waals surface area contributed by atoms with Crippen molar-refractivity contribution in [3.63, 3.8) is 0 Å². The molecule has 0 aliphatic carbocycles. The van der Waals surface area contributed by atoms with Gasteiger partial charge < -0.3 is 9.64 Å². The summed E-state index contributed by atoms with van der Waals surface area (Å²) in [6.07, 6.45) is 2.29. The van der Waals surface area contributed by atoms with Gasteiger partial charge in [-0.25, -0.2) is 0 Å². The molecule has 6 heteroatoms. The molecule has 1 aromatic carbocycles. The molecule has 1 aliphatic heterocycles. The van der Waals surface area contributed by atoms with Crippen LogP contribution in [0.3, 0.4) is 0 Å². The molecule has 1 saturated heterocycles. The lowest BCUT2D eigenvalue weighted by Crippen LogP contribution is -2.36. The molecule has 3 heterocycles. The van der Waals surface area contributed by atoms with Crippen molar-refractivity contribution in [3.8, 4) is 11.4 Å². The lowest BCUT2D eigenvalue weighted by Gasteiger charge is -2.29. The van der Waals surface area contributed by atoms with E-state index in [1.807, 2.05) is 47.0 Å². The van der Waals surface area contributed by atoms with Gasteiger partial charge in [-0.2, -0.15) is 4.52 Å². The second-order valence-electron chi connectivity index (χ2n) is 7.76. The highest BCUT2D eigenvalue weighted by Crippen LogP contribution is 2.26. The van der Waals surface area contributed by atoms with Crippen LogP contribution in [0.15, 0.2) is 42.5 Å². The Kier molecular flexibility index (Phi) is 4.36. The van der Waals surface area contributed by atoms with E-state index in [1.54, 1.807) is 0 Å². The van der Waals surface area contributed by atoms with E-state index in [-0.39, 0.29) is 5.60 Å². The fourth-order valence-corrected chi connectivity index (χ4v) is 3.36. The molecule has 0 spiro atoms. The lowest BCUT2D eigenvalue weighted by atomic mass is 10.2. The van der Waals surface area contributed by atoms with Crippen LogP contribution in [-0.2, 0) is 4.74 Å². The highest BCUT2D eigenvalue weighted by atomic mass is 16.5. The molecule has 0 unspecified atom stereocenters. The quantitative estimate of drug-likeness (QED) is 0.719. The van der Waals surface area contributed by atoms with E-state index in [9.17, 15) is 0 Å². The summed E-state index contributed by atoms with van der Waals surface area (Å²) in [7, 11) is 0. The van der Waals surface area contributed by atoms with Crippen molar-refractivity contribution >= 4 is 11.5 Å². The van der Waals surface area contributed by atoms with Crippen molar-refractivity contribution in [2.45, 2.75) is 45.3 Å². The largest absolute Gasteiger partial charge is 0.374 e. The molecule has 1 aliphatic rings. The van der Waals surface area contributed by atoms with Gasteiger partial charge >= 0.3 is 0 Å². The van der Waals surface area contributed by atoms with Gasteiger partial charge in [0, 0.05) is 12.1 Å². The van der Waals surface area contributed by atoms with Gasteiger partial charge in [0.15, 0.2) is 11.5 Å². The molecule has 136 valence electrons. The maximum atomic E-state index is 6.03. The Labute approximate surface area is 153 Å². The standard InChI is InChI=1S/C20H25N5O/c1-20(2,3)26-14-16-10-7-13-24(16)18-12-11-17-21-22-19(25(17)23-18)15-8-5-4-6-9-15/h4-6,8-9,11-12,16H,7,10,13-14H2,1-3H3/t16-/m1/s1. The van der Waals surface area contributed by atoms with Gasteiger partial charge in [0.1, 0.15) is 5.82 Å². The van der Waals surface area contributed by atoms with E-state index >= 15 is 0 Å². The van der Waals surface area contributed by atoms with Gasteiger partial charge in [0.05, 0.1) is 18.2 Å². The summed E-state index contributed by atoms with van der Waals surface area (Å²) in [5.41, 5.74) is 1.65. The van der Waals surface area contributed by atoms with E-state index in [0.29, 0.717) is 6.04 Å². The van der Waals surface area contributed by atoms with Crippen LogP contribution in [0.5, 0.6) is 0 Å². The van der Waals surface area contributed by atoms with Crippen molar-refractivity contribution in [2.75, 3.05) is 18.1 Å². The molecule has 26 heavy (non-hydrogen) atoms. The third-order valence-electron chi connectivity index (χ3n) is 4.66. The maximum absolute atomic E-state index is 6.03. The number of rotatable bonds is 4. The number of ether oxygens (including phenoxy) is 1. The molecule has 1 fully saturated rings. The molecule has 0 amide bonds. The summed E-state index contributed by atoms with van der Waals surface area (Å²) in [5, 5.41) is 13.4. The van der Waals surface area contributed by atoms with Crippen LogP contribution in [0.25, 0.3) is 17.0 Å². The highest BCUT2D eigenvalue weighted by Gasteiger charge is 2.28. The first-order valence-electron chi connectivity index (χ1n) is 9.20. The summed E-state index contributed by atoms with van der Waals surface area (Å²) in [6, 6.07) is 14.4. The van der Waals surface area contributed by atoms with E-state index < -0.39 is 0 Å². The van der Waals surface area contributed by atoms with Crippen LogP contribution < -0.4 is 4.90 Å². The van der Waals surface area contributed by atoms with E-state index in [1.165, 1.54) is 0 Å². The molecular formula is C20H25N5O. The molecule has 0 radical (unpaired) electrons. The van der Waals surface area contributed by atoms with Crippen molar-refractivity contribution in [1.29, 1.82) is 0 Å². The molecule has 0 bridgehead atoms. The summed E-state index contributed by atoms with van der Waals surface area (Å²) in [5.74, 6) is 1.72. The van der Waals surface area contributed by atoms with Gasteiger partial charge in [-0.3, -0.25) is 0 Å². The normalized spacial score (nSPS) is 18.0. The molecule has 4 rings (SSSR count). The Bertz CT molecular complexity index is 884. The number of fused-ring (bicyclic) bond motifs is 1. The summed E-state index contributed by atoms with van der Waals surface area (Å²) in [4.78, 5) is 2.35. The SMILES string of the molecule is CC(C)(C)OC[C@H]1CCCN1c1ccc2nnc(-c3ccccc3)n2n1. The highest BCUT2D eigenvalue weighted by molar-refractivity contribution is 5.59. The fourth-order valence-electron chi connectivity index (χ4n) is 3.36. The molecule has 2 aromatic heterocycles. The monoisotopic (exact) mass is 351 g/mol. The first-order valence-corrected chi connectivity index (χ1v) is 9.20. The molecule has 1 atom stereocenters. The zero-order chi connectivity index (χ0) is 18.1. The zero-order valence-corrected chi connectivity index (χ0v) is 15.6. The Morgan fingerprint density at radius 1 is 1.08 bits per heavy atom. The van der Waals surface area contributed by atoms with Crippen LogP contribution in [0, 0.1) is 0 Å². The predicted molar refractivity (Wildman–Crippen MR) is 102 cm³/mol. The number of nitrogens with zero attached hydrogens (tertiary/aromatic N) is 5. The van der Waals surface area contributed by atoms with Crippen LogP contribution in [0.1, 0.15) is 33.6 Å². The Morgan fingerprint density at radius 2 is 1.88 bits per heavy atom. The molecular weight excluding hydrogens is 326 g/mol. The minimum Gasteiger partial charge on any atom is -0.374 e. The first-order chi connectivity index (χ1) is 12.5. The Balaban J connectivity index is 1.64. The average molecular weight is 351 g/mol. The van der Waals surface area contributed by atoms with Gasteiger partial charge in [0.2, 0.25) is 0 Å². The lowest BCUT2D eigenvalue weighted by molar-refractivity contribution is -0.00941. The van der Waals surface area contributed by atoms with E-state index in [4.69, 9.17) is 9.84 Å². The van der Waals surface area contributed by atoms with Crippen LogP contribution in [0.4, 0.5) is 5.82 Å². The molecule has 0 saturated carbocycles. The predicted octanol–water partition coefficient (Wildman–Crippen LogP) is 3.58. The number of benzene rings is 1. The maximum Gasteiger partial charge on any atom is 0.185 e. The van der Waals surface area contributed by atoms with Crippen LogP contribution >= 0.6 is 0 Å². The summed E-state index contributed by atoms with van der Waals surface area (Å²) < 4.78 is 7.87. The molecule has 6 nitrogen and oxygen atoms in total. The van der Waals surface area contributed by atoms with Crippen LogP contribution in [0.2, 0.25) is 0 Å². The van der Waals surface area contributed by atoms with Crippen molar-refractivity contribution in [2.24, 2.45) is 0 Å². The zero-order valence-electron chi connectivity index (χ0n) is 15.6. The molecule has 0 N–H and O–H groups in total. The van der Waals surface area contributed by atoms with Gasteiger partial charge in [-0.05, 0) is 45.7 Å². The Hall–Kier alpha value is -2.47. The third-order valence-corrected chi connectivity index (χ3v) is 4.66. The van der Waals surface area contributed by atoms with Crippen LogP contribution in [-0.4, -0.2) is 44.6 Å². The Morgan fingerprint density at radius 3 is 2.65 bits per heavy atom. The van der Waals surface area contributed by atoms with Gasteiger partial charge in [-0.1, -0.05) is 30.3 Å². The summed E-state index contributed by atoms with van der Waals surface area (Å²) in [6.45, 7) is 8.01. The third kappa shape index (κ3) is 3.42. The fraction of sp³-hybridized carbons (Fsp3) is 0.450. The van der Waals surface area contributed by atoms with Gasteiger partial charge in [-0.15, -0.1) is 15.3 Å². The van der Waals surface area contributed by atoms with E-state index in [0.717, 1.165) is 48.8 Å². The first kappa shape index (κ1) is 17.0. The number of hydrogen-bond donors (Lipinski definition) is 0. The van der Waals surface area contributed by atoms with Crippen molar-refractivity contribution < 1.29 is 4.74 Å². The van der Waals surface area contributed by atoms with Crippen molar-refractivity contribution in [3.05, 3.63) is 42.5 Å². The number of hydrogen-bond acceptors (Lipinski definition) is 5. The summed E-state index contributed by atoms with van der Waals surface area (Å²) >= 11 is 0. The smallest absolute Gasteiger partial charge is 0.185 e. The minimum absolute atomic E-state index is 0.125. The topological polar surface area (TPSA) is 55.5 Å². The van der Waals surface area contributed by atoms with E-state index in [2.05, 4.69) is 35.9 Å². The van der Waals surface area contributed by atoms with Gasteiger partial charge in [0.25, 0.3) is 0 Å². The second-order valence-corrected chi connectivity index (χ2v) is 7.76.